The van der Waals surface area contributed by atoms with Crippen LogP contribution >= 0.6 is 11.6 Å². The molecule has 2 bridgehead atoms. The quantitative estimate of drug-likeness (QED) is 0.867. The molecule has 2 amide bonds. The maximum Gasteiger partial charge on any atom is 0.315 e. The third-order valence-electron chi connectivity index (χ3n) is 4.69. The van der Waals surface area contributed by atoms with E-state index in [9.17, 15) is 4.79 Å². The Bertz CT molecular complexity index is 551. The number of hydrogen-bond donors (Lipinski definition) is 2. The molecular formula is C17H23ClN2O3. The predicted octanol–water partition coefficient (Wildman–Crippen LogP) is 3.04. The van der Waals surface area contributed by atoms with Gasteiger partial charge in [-0.1, -0.05) is 23.7 Å². The summed E-state index contributed by atoms with van der Waals surface area (Å²) in [6.45, 7) is 1.93. The molecule has 5 atom stereocenters. The maximum absolute atomic E-state index is 12.2. The number of hydrogen-bond acceptors (Lipinski definition) is 3. The van der Waals surface area contributed by atoms with Gasteiger partial charge in [0.05, 0.1) is 24.3 Å². The molecule has 0 aromatic heterocycles. The fourth-order valence-electron chi connectivity index (χ4n) is 3.56. The van der Waals surface area contributed by atoms with Crippen molar-refractivity contribution < 1.29 is 14.3 Å². The third kappa shape index (κ3) is 3.79. The van der Waals surface area contributed by atoms with Crippen LogP contribution in [-0.4, -0.2) is 37.4 Å². The summed E-state index contributed by atoms with van der Waals surface area (Å²) in [6, 6.07) is 7.25. The molecule has 5 unspecified atom stereocenters. The maximum atomic E-state index is 12.2. The van der Waals surface area contributed by atoms with E-state index in [1.54, 1.807) is 7.11 Å². The van der Waals surface area contributed by atoms with E-state index in [1.807, 2.05) is 31.2 Å². The summed E-state index contributed by atoms with van der Waals surface area (Å²) in [5, 5.41) is 6.67. The second-order valence-corrected chi connectivity index (χ2v) is 6.77. The van der Waals surface area contributed by atoms with Crippen LogP contribution in [-0.2, 0) is 9.47 Å². The summed E-state index contributed by atoms with van der Waals surface area (Å²) in [7, 11) is 1.64. The van der Waals surface area contributed by atoms with Crippen LogP contribution in [0.25, 0.3) is 0 Å². The largest absolute Gasteiger partial charge is 0.375 e. The summed E-state index contributed by atoms with van der Waals surface area (Å²) in [6.07, 6.45) is 3.34. The first-order chi connectivity index (χ1) is 11.1. The van der Waals surface area contributed by atoms with Gasteiger partial charge < -0.3 is 20.1 Å². The molecule has 3 rings (SSSR count). The highest BCUT2D eigenvalue weighted by atomic mass is 35.5. The SMILES string of the molecule is COC(c1ccc(Cl)cc1)C(C)NC(=O)NC1CC2CCC1O2. The molecule has 126 valence electrons. The van der Waals surface area contributed by atoms with Crippen molar-refractivity contribution in [2.24, 2.45) is 0 Å². The molecule has 2 aliphatic heterocycles. The predicted molar refractivity (Wildman–Crippen MR) is 88.6 cm³/mol. The molecule has 0 radical (unpaired) electrons. The van der Waals surface area contributed by atoms with Crippen LogP contribution < -0.4 is 10.6 Å². The molecule has 1 aromatic carbocycles. The number of nitrogens with one attached hydrogen (secondary N) is 2. The van der Waals surface area contributed by atoms with Gasteiger partial charge >= 0.3 is 6.03 Å². The van der Waals surface area contributed by atoms with E-state index >= 15 is 0 Å². The van der Waals surface area contributed by atoms with Crippen LogP contribution in [0.3, 0.4) is 0 Å². The van der Waals surface area contributed by atoms with Crippen molar-refractivity contribution in [3.05, 3.63) is 34.9 Å². The number of carbonyl (C=O) groups excluding carboxylic acids is 1. The summed E-state index contributed by atoms with van der Waals surface area (Å²) in [5.41, 5.74) is 0.980. The van der Waals surface area contributed by atoms with Gasteiger partial charge in [-0.15, -0.1) is 0 Å². The zero-order chi connectivity index (χ0) is 16.4. The third-order valence-corrected chi connectivity index (χ3v) is 4.94. The average Bonchev–Trinajstić information content (AvgIpc) is 3.12. The topological polar surface area (TPSA) is 59.6 Å². The Hall–Kier alpha value is -1.30. The Morgan fingerprint density at radius 3 is 2.65 bits per heavy atom. The summed E-state index contributed by atoms with van der Waals surface area (Å²) in [4.78, 5) is 12.2. The average molecular weight is 339 g/mol. The van der Waals surface area contributed by atoms with Gasteiger partial charge in [0.1, 0.15) is 6.10 Å². The lowest BCUT2D eigenvalue weighted by molar-refractivity contribution is 0.0753. The van der Waals surface area contributed by atoms with E-state index in [-0.39, 0.29) is 30.3 Å². The highest BCUT2D eigenvalue weighted by molar-refractivity contribution is 6.30. The molecule has 0 spiro atoms. The molecule has 0 saturated carbocycles. The van der Waals surface area contributed by atoms with Crippen molar-refractivity contribution >= 4 is 17.6 Å². The standard InChI is InChI=1S/C17H23ClN2O3/c1-10(16(22-2)11-3-5-12(18)6-4-11)19-17(21)20-14-9-13-7-8-15(14)23-13/h3-6,10,13-16H,7-9H2,1-2H3,(H2,19,20,21). The van der Waals surface area contributed by atoms with Crippen molar-refractivity contribution in [3.8, 4) is 0 Å². The summed E-state index contributed by atoms with van der Waals surface area (Å²) < 4.78 is 11.3. The van der Waals surface area contributed by atoms with Crippen molar-refractivity contribution in [2.45, 2.75) is 56.6 Å². The van der Waals surface area contributed by atoms with Crippen molar-refractivity contribution in [3.63, 3.8) is 0 Å². The Labute approximate surface area is 141 Å². The molecule has 2 N–H and O–H groups in total. The molecule has 2 heterocycles. The summed E-state index contributed by atoms with van der Waals surface area (Å²) >= 11 is 5.92. The lowest BCUT2D eigenvalue weighted by atomic mass is 9.96. The van der Waals surface area contributed by atoms with E-state index in [1.165, 1.54) is 0 Å². The number of amides is 2. The lowest BCUT2D eigenvalue weighted by Gasteiger charge is -2.26. The molecule has 2 saturated heterocycles. The number of benzene rings is 1. The van der Waals surface area contributed by atoms with Gasteiger partial charge in [0.2, 0.25) is 0 Å². The first-order valence-corrected chi connectivity index (χ1v) is 8.45. The van der Waals surface area contributed by atoms with Gasteiger partial charge in [0.15, 0.2) is 0 Å². The van der Waals surface area contributed by atoms with E-state index < -0.39 is 0 Å². The zero-order valence-electron chi connectivity index (χ0n) is 13.4. The highest BCUT2D eigenvalue weighted by Crippen LogP contribution is 2.34. The van der Waals surface area contributed by atoms with Crippen LogP contribution in [0.2, 0.25) is 5.02 Å². The number of ether oxygens (including phenoxy) is 2. The second-order valence-electron chi connectivity index (χ2n) is 6.33. The van der Waals surface area contributed by atoms with E-state index in [0.717, 1.165) is 24.8 Å². The normalized spacial score (nSPS) is 28.4. The Kier molecular flexibility index (Phi) is 5.09. The molecule has 23 heavy (non-hydrogen) atoms. The minimum atomic E-state index is -0.228. The fourth-order valence-corrected chi connectivity index (χ4v) is 3.69. The number of carbonyl (C=O) groups is 1. The van der Waals surface area contributed by atoms with Gasteiger partial charge in [-0.25, -0.2) is 4.79 Å². The molecule has 2 fully saturated rings. The lowest BCUT2D eigenvalue weighted by Crippen LogP contribution is -2.50. The molecule has 6 heteroatoms. The van der Waals surface area contributed by atoms with Gasteiger partial charge in [0.25, 0.3) is 0 Å². The second kappa shape index (κ2) is 7.07. The Morgan fingerprint density at radius 2 is 2.09 bits per heavy atom. The van der Waals surface area contributed by atoms with Crippen LogP contribution in [0.4, 0.5) is 4.79 Å². The van der Waals surface area contributed by atoms with E-state index in [4.69, 9.17) is 21.1 Å². The van der Waals surface area contributed by atoms with E-state index in [2.05, 4.69) is 10.6 Å². The number of rotatable bonds is 5. The monoisotopic (exact) mass is 338 g/mol. The molecule has 2 aliphatic rings. The molecule has 1 aromatic rings. The highest BCUT2D eigenvalue weighted by Gasteiger charge is 2.41. The smallest absolute Gasteiger partial charge is 0.315 e. The van der Waals surface area contributed by atoms with Crippen LogP contribution in [0.5, 0.6) is 0 Å². The fraction of sp³-hybridized carbons (Fsp3) is 0.588. The molecule has 5 nitrogen and oxygen atoms in total. The first-order valence-electron chi connectivity index (χ1n) is 8.07. The minimum absolute atomic E-state index is 0.123. The van der Waals surface area contributed by atoms with Crippen molar-refractivity contribution in [1.82, 2.24) is 10.6 Å². The van der Waals surface area contributed by atoms with Gasteiger partial charge in [-0.2, -0.15) is 0 Å². The van der Waals surface area contributed by atoms with Crippen LogP contribution in [0, 0.1) is 0 Å². The Balaban J connectivity index is 1.55. The van der Waals surface area contributed by atoms with Crippen molar-refractivity contribution in [1.29, 1.82) is 0 Å². The van der Waals surface area contributed by atoms with Gasteiger partial charge in [0, 0.05) is 12.1 Å². The first kappa shape index (κ1) is 16.6. The number of fused-ring (bicyclic) bond motifs is 2. The van der Waals surface area contributed by atoms with E-state index in [0.29, 0.717) is 11.1 Å². The number of methoxy groups -OCH3 is 1. The zero-order valence-corrected chi connectivity index (χ0v) is 14.2. The number of halogens is 1. The molecular weight excluding hydrogens is 316 g/mol. The van der Waals surface area contributed by atoms with Crippen LogP contribution in [0.15, 0.2) is 24.3 Å². The van der Waals surface area contributed by atoms with Gasteiger partial charge in [-0.3, -0.25) is 0 Å². The number of urea groups is 1. The minimum Gasteiger partial charge on any atom is -0.375 e. The van der Waals surface area contributed by atoms with Gasteiger partial charge in [-0.05, 0) is 43.9 Å². The van der Waals surface area contributed by atoms with Crippen LogP contribution in [0.1, 0.15) is 37.9 Å². The molecule has 0 aliphatic carbocycles. The summed E-state index contributed by atoms with van der Waals surface area (Å²) in [5.74, 6) is 0. The Morgan fingerprint density at radius 1 is 1.35 bits per heavy atom. The van der Waals surface area contributed by atoms with Crippen molar-refractivity contribution in [2.75, 3.05) is 7.11 Å².